The zero-order chi connectivity index (χ0) is 17.0. The third kappa shape index (κ3) is 18.1. The van der Waals surface area contributed by atoms with E-state index >= 15 is 0 Å². The van der Waals surface area contributed by atoms with Gasteiger partial charge in [0.15, 0.2) is 0 Å². The van der Waals surface area contributed by atoms with Crippen LogP contribution in [0.4, 0.5) is 0 Å². The van der Waals surface area contributed by atoms with Crippen LogP contribution in [0.3, 0.4) is 0 Å². The van der Waals surface area contributed by atoms with Crippen LogP contribution >= 0.6 is 0 Å². The van der Waals surface area contributed by atoms with E-state index < -0.39 is 0 Å². The molecule has 0 radical (unpaired) electrons. The minimum absolute atomic E-state index is 0.0799. The Labute approximate surface area is 142 Å². The van der Waals surface area contributed by atoms with Crippen molar-refractivity contribution in [3.8, 4) is 0 Å². The lowest BCUT2D eigenvalue weighted by atomic mass is 10.2. The van der Waals surface area contributed by atoms with Crippen molar-refractivity contribution in [3.63, 3.8) is 0 Å². The van der Waals surface area contributed by atoms with Gasteiger partial charge in [-0.1, -0.05) is 54.7 Å². The van der Waals surface area contributed by atoms with Crippen molar-refractivity contribution in [3.05, 3.63) is 61.3 Å². The number of rotatable bonds is 14. The summed E-state index contributed by atoms with van der Waals surface area (Å²) < 4.78 is 4.89. The number of esters is 1. The summed E-state index contributed by atoms with van der Waals surface area (Å²) in [7, 11) is 0. The Hall–Kier alpha value is -1.83. The topological polar surface area (TPSA) is 26.3 Å². The summed E-state index contributed by atoms with van der Waals surface area (Å²) in [4.78, 5) is 11.1. The summed E-state index contributed by atoms with van der Waals surface area (Å²) in [6.07, 6.45) is 26.7. The summed E-state index contributed by atoms with van der Waals surface area (Å²) in [6, 6.07) is 0. The van der Waals surface area contributed by atoms with Gasteiger partial charge in [-0.3, -0.25) is 4.79 Å². The van der Waals surface area contributed by atoms with E-state index in [4.69, 9.17) is 4.74 Å². The molecule has 0 saturated carbocycles. The van der Waals surface area contributed by atoms with Gasteiger partial charge in [0.2, 0.25) is 0 Å². The minimum Gasteiger partial charge on any atom is -0.466 e. The first kappa shape index (κ1) is 21.2. The first-order valence-electron chi connectivity index (χ1n) is 8.67. The van der Waals surface area contributed by atoms with E-state index in [2.05, 4.69) is 55.2 Å². The maximum absolute atomic E-state index is 11.1. The quantitative estimate of drug-likeness (QED) is 0.220. The summed E-state index contributed by atoms with van der Waals surface area (Å²) in [6.45, 7) is 5.99. The fraction of sp³-hybridized carbons (Fsp3) is 0.476. The minimum atomic E-state index is -0.0799. The molecule has 0 aromatic heterocycles. The van der Waals surface area contributed by atoms with Crippen LogP contribution in [0.1, 0.15) is 58.3 Å². The highest BCUT2D eigenvalue weighted by molar-refractivity contribution is 5.69. The van der Waals surface area contributed by atoms with E-state index in [1.807, 2.05) is 13.0 Å². The fourth-order valence-electron chi connectivity index (χ4n) is 1.89. The normalized spacial score (nSPS) is 12.0. The standard InChI is InChI=1S/C21H32O2/c1-3-5-6-7-8-9-10-11-12-13-14-15-16-17-18-19-20-21(22)23-4-2/h3,6-7,9-10,12-13,15-16H,1,4-5,8,11,14,17-20H2,2H3/b7-6-,10-9-,13-12-,16-15-. The predicted octanol–water partition coefficient (Wildman–Crippen LogP) is 6.08. The molecule has 128 valence electrons. The molecule has 2 heteroatoms. The molecule has 0 amide bonds. The van der Waals surface area contributed by atoms with Crippen molar-refractivity contribution < 1.29 is 9.53 Å². The van der Waals surface area contributed by atoms with Gasteiger partial charge in [0.05, 0.1) is 6.61 Å². The van der Waals surface area contributed by atoms with Crippen LogP contribution in [-0.4, -0.2) is 12.6 Å². The average Bonchev–Trinajstić information content (AvgIpc) is 2.54. The number of hydrogen-bond donors (Lipinski definition) is 0. The Morgan fingerprint density at radius 3 is 1.87 bits per heavy atom. The van der Waals surface area contributed by atoms with Crippen LogP contribution in [0.5, 0.6) is 0 Å². The van der Waals surface area contributed by atoms with Crippen molar-refractivity contribution in [2.75, 3.05) is 6.61 Å². The van der Waals surface area contributed by atoms with E-state index in [-0.39, 0.29) is 5.97 Å². The fourth-order valence-corrected chi connectivity index (χ4v) is 1.89. The molecule has 0 heterocycles. The van der Waals surface area contributed by atoms with Crippen molar-refractivity contribution in [1.29, 1.82) is 0 Å². The van der Waals surface area contributed by atoms with Gasteiger partial charge in [-0.2, -0.15) is 0 Å². The van der Waals surface area contributed by atoms with E-state index in [0.717, 1.165) is 44.9 Å². The molecule has 0 aromatic carbocycles. The second-order valence-corrected chi connectivity index (χ2v) is 5.17. The molecule has 0 saturated heterocycles. The van der Waals surface area contributed by atoms with Crippen LogP contribution in [0.2, 0.25) is 0 Å². The zero-order valence-electron chi connectivity index (χ0n) is 14.6. The molecular weight excluding hydrogens is 284 g/mol. The van der Waals surface area contributed by atoms with Crippen molar-refractivity contribution in [2.24, 2.45) is 0 Å². The monoisotopic (exact) mass is 316 g/mol. The van der Waals surface area contributed by atoms with Crippen molar-refractivity contribution in [1.82, 2.24) is 0 Å². The van der Waals surface area contributed by atoms with Gasteiger partial charge in [0.25, 0.3) is 0 Å². The Morgan fingerprint density at radius 1 is 0.826 bits per heavy atom. The number of allylic oxidation sites excluding steroid dienone is 9. The molecule has 0 aliphatic carbocycles. The molecule has 0 atom stereocenters. The summed E-state index contributed by atoms with van der Waals surface area (Å²) in [5, 5.41) is 0. The van der Waals surface area contributed by atoms with Gasteiger partial charge in [-0.15, -0.1) is 6.58 Å². The Morgan fingerprint density at radius 2 is 1.35 bits per heavy atom. The second-order valence-electron chi connectivity index (χ2n) is 5.17. The molecule has 2 nitrogen and oxygen atoms in total. The van der Waals surface area contributed by atoms with Crippen LogP contribution in [-0.2, 0) is 9.53 Å². The molecule has 0 aliphatic rings. The van der Waals surface area contributed by atoms with Gasteiger partial charge in [-0.05, 0) is 51.9 Å². The molecule has 0 spiro atoms. The average molecular weight is 316 g/mol. The SMILES string of the molecule is C=CC/C=C\C/C=C\C/C=C\C/C=C\CCCCC(=O)OCC. The largest absolute Gasteiger partial charge is 0.466 e. The molecule has 0 aromatic rings. The van der Waals surface area contributed by atoms with E-state index in [1.54, 1.807) is 0 Å². The van der Waals surface area contributed by atoms with Crippen LogP contribution in [0, 0.1) is 0 Å². The number of hydrogen-bond acceptors (Lipinski definition) is 2. The highest BCUT2D eigenvalue weighted by Gasteiger charge is 1.99. The van der Waals surface area contributed by atoms with Gasteiger partial charge in [-0.25, -0.2) is 0 Å². The molecule has 0 unspecified atom stereocenters. The van der Waals surface area contributed by atoms with Crippen LogP contribution in [0.15, 0.2) is 61.3 Å². The lowest BCUT2D eigenvalue weighted by Crippen LogP contribution is -2.02. The van der Waals surface area contributed by atoms with Gasteiger partial charge >= 0.3 is 5.97 Å². The summed E-state index contributed by atoms with van der Waals surface area (Å²) in [5.74, 6) is -0.0799. The smallest absolute Gasteiger partial charge is 0.305 e. The highest BCUT2D eigenvalue weighted by atomic mass is 16.5. The van der Waals surface area contributed by atoms with Gasteiger partial charge < -0.3 is 4.74 Å². The molecule has 23 heavy (non-hydrogen) atoms. The van der Waals surface area contributed by atoms with E-state index in [9.17, 15) is 4.79 Å². The molecule has 0 aliphatic heterocycles. The molecular formula is C21H32O2. The first-order valence-corrected chi connectivity index (χ1v) is 8.67. The predicted molar refractivity (Wildman–Crippen MR) is 100 cm³/mol. The summed E-state index contributed by atoms with van der Waals surface area (Å²) in [5.41, 5.74) is 0. The van der Waals surface area contributed by atoms with Crippen LogP contribution < -0.4 is 0 Å². The van der Waals surface area contributed by atoms with E-state index in [0.29, 0.717) is 13.0 Å². The third-order valence-corrected chi connectivity index (χ3v) is 3.09. The molecule has 0 bridgehead atoms. The maximum atomic E-state index is 11.1. The Balaban J connectivity index is 3.43. The third-order valence-electron chi connectivity index (χ3n) is 3.09. The van der Waals surface area contributed by atoms with Crippen LogP contribution in [0.25, 0.3) is 0 Å². The summed E-state index contributed by atoms with van der Waals surface area (Å²) >= 11 is 0. The number of carbonyl (C=O) groups excluding carboxylic acids is 1. The lowest BCUT2D eigenvalue weighted by Gasteiger charge is -1.99. The Kier molecular flexibility index (Phi) is 16.8. The molecule has 0 fully saturated rings. The zero-order valence-corrected chi connectivity index (χ0v) is 14.6. The molecule has 0 rings (SSSR count). The second kappa shape index (κ2) is 18.2. The van der Waals surface area contributed by atoms with Gasteiger partial charge in [0, 0.05) is 6.42 Å². The van der Waals surface area contributed by atoms with Crippen molar-refractivity contribution >= 4 is 5.97 Å². The number of ether oxygens (including phenoxy) is 1. The molecule has 0 N–H and O–H groups in total. The lowest BCUT2D eigenvalue weighted by molar-refractivity contribution is -0.143. The van der Waals surface area contributed by atoms with Gasteiger partial charge in [0.1, 0.15) is 0 Å². The number of carbonyl (C=O) groups is 1. The number of unbranched alkanes of at least 4 members (excludes halogenated alkanes) is 2. The first-order chi connectivity index (χ1) is 11.3. The highest BCUT2D eigenvalue weighted by Crippen LogP contribution is 2.03. The maximum Gasteiger partial charge on any atom is 0.305 e. The Bertz CT molecular complexity index is 400. The van der Waals surface area contributed by atoms with Crippen molar-refractivity contribution in [2.45, 2.75) is 58.3 Å². The van der Waals surface area contributed by atoms with E-state index in [1.165, 1.54) is 0 Å².